The fourth-order valence-electron chi connectivity index (χ4n) is 2.69. The van der Waals surface area contributed by atoms with Crippen LogP contribution in [0.1, 0.15) is 32.6 Å². The van der Waals surface area contributed by atoms with E-state index in [2.05, 4.69) is 5.32 Å². The van der Waals surface area contributed by atoms with Gasteiger partial charge in [-0.2, -0.15) is 0 Å². The average molecular weight is 286 g/mol. The zero-order chi connectivity index (χ0) is 14.0. The lowest BCUT2D eigenvalue weighted by atomic mass is 9.82. The predicted octanol–water partition coefficient (Wildman–Crippen LogP) is 0.394. The van der Waals surface area contributed by atoms with Crippen LogP contribution >= 0.6 is 0 Å². The van der Waals surface area contributed by atoms with Gasteiger partial charge in [0.1, 0.15) is 5.41 Å². The van der Waals surface area contributed by atoms with E-state index in [1.54, 1.807) is 6.92 Å². The molecule has 0 radical (unpaired) electrons. The van der Waals surface area contributed by atoms with Crippen LogP contribution < -0.4 is 5.32 Å². The molecule has 0 aromatic carbocycles. The molecule has 6 nitrogen and oxygen atoms in total. The quantitative estimate of drug-likeness (QED) is 0.758. The molecule has 7 heteroatoms. The first kappa shape index (κ1) is 14.2. The molecule has 1 atom stereocenters. The minimum absolute atomic E-state index is 0.111. The van der Waals surface area contributed by atoms with Gasteiger partial charge in [-0.1, -0.05) is 19.8 Å². The van der Waals surface area contributed by atoms with Crippen molar-refractivity contribution >= 4 is 28.6 Å². The summed E-state index contributed by atoms with van der Waals surface area (Å²) in [6.07, 6.45) is 2.64. The average Bonchev–Trinajstić information content (AvgIpc) is 2.87. The highest BCUT2D eigenvalue weighted by Gasteiger charge is 2.54. The second-order valence-electron chi connectivity index (χ2n) is 4.94. The van der Waals surface area contributed by atoms with Gasteiger partial charge in [-0.3, -0.25) is 24.0 Å². The topological polar surface area (TPSA) is 83.6 Å². The normalized spacial score (nSPS) is 23.8. The lowest BCUT2D eigenvalue weighted by Crippen LogP contribution is -2.63. The van der Waals surface area contributed by atoms with Crippen molar-refractivity contribution in [3.8, 4) is 0 Å². The van der Waals surface area contributed by atoms with Crippen LogP contribution in [0, 0.1) is 5.41 Å². The second kappa shape index (κ2) is 5.40. The Morgan fingerprint density at radius 3 is 2.47 bits per heavy atom. The largest absolute Gasteiger partial charge is 0.330 e. The number of barbiturate groups is 1. The monoisotopic (exact) mass is 286 g/mol. The fourth-order valence-corrected chi connectivity index (χ4v) is 3.37. The Morgan fingerprint density at radius 2 is 1.89 bits per heavy atom. The molecule has 2 rings (SSSR count). The molecule has 0 aromatic heterocycles. The number of hydrogen-bond acceptors (Lipinski definition) is 4. The van der Waals surface area contributed by atoms with E-state index in [1.807, 2.05) is 0 Å². The van der Waals surface area contributed by atoms with Crippen LogP contribution in [0.5, 0.6) is 0 Å². The van der Waals surface area contributed by atoms with Crippen molar-refractivity contribution in [1.29, 1.82) is 0 Å². The first-order valence-corrected chi connectivity index (χ1v) is 8.02. The fraction of sp³-hybridized carbons (Fsp3) is 0.750. The van der Waals surface area contributed by atoms with Gasteiger partial charge in [-0.05, 0) is 12.8 Å². The summed E-state index contributed by atoms with van der Waals surface area (Å²) >= 11 is 0. The van der Waals surface area contributed by atoms with E-state index < -0.39 is 34.1 Å². The summed E-state index contributed by atoms with van der Waals surface area (Å²) in [5, 5.41) is 2.26. The van der Waals surface area contributed by atoms with E-state index in [0.29, 0.717) is 18.6 Å². The number of rotatable bonds is 4. The summed E-state index contributed by atoms with van der Waals surface area (Å²) in [7, 11) is -1.04. The van der Waals surface area contributed by atoms with Gasteiger partial charge in [0.2, 0.25) is 11.8 Å². The van der Waals surface area contributed by atoms with E-state index in [4.69, 9.17) is 0 Å². The number of carbonyl (C=O) groups excluding carboxylic acids is 3. The van der Waals surface area contributed by atoms with E-state index in [0.717, 1.165) is 17.7 Å². The van der Waals surface area contributed by atoms with Gasteiger partial charge in [0.15, 0.2) is 0 Å². The maximum absolute atomic E-state index is 12.4. The number of hydrogen-bond donors (Lipinski definition) is 1. The van der Waals surface area contributed by atoms with Crippen molar-refractivity contribution in [2.45, 2.75) is 32.6 Å². The summed E-state index contributed by atoms with van der Waals surface area (Å²) < 4.78 is 11.4. The van der Waals surface area contributed by atoms with Crippen molar-refractivity contribution in [3.63, 3.8) is 0 Å². The molecule has 1 aliphatic carbocycles. The van der Waals surface area contributed by atoms with Crippen LogP contribution in [0.25, 0.3) is 0 Å². The summed E-state index contributed by atoms with van der Waals surface area (Å²) in [6.45, 7) is 1.90. The first-order valence-electron chi connectivity index (χ1n) is 6.53. The Labute approximate surface area is 114 Å². The summed E-state index contributed by atoms with van der Waals surface area (Å²) in [4.78, 5) is 37.1. The van der Waals surface area contributed by atoms with Crippen LogP contribution in [-0.2, 0) is 20.4 Å². The summed E-state index contributed by atoms with van der Waals surface area (Å²) in [5.74, 6) is -0.118. The van der Waals surface area contributed by atoms with Crippen LogP contribution in [0.4, 0.5) is 4.79 Å². The highest BCUT2D eigenvalue weighted by atomic mass is 32.2. The van der Waals surface area contributed by atoms with Crippen molar-refractivity contribution in [3.05, 3.63) is 0 Å². The molecule has 1 spiro atoms. The Balaban J connectivity index is 2.14. The van der Waals surface area contributed by atoms with Gasteiger partial charge in [0.05, 0.1) is 0 Å². The molecule has 0 aromatic rings. The predicted molar refractivity (Wildman–Crippen MR) is 69.7 cm³/mol. The van der Waals surface area contributed by atoms with Gasteiger partial charge in [0, 0.05) is 28.9 Å². The molecule has 106 valence electrons. The third-order valence-electron chi connectivity index (χ3n) is 3.88. The maximum Gasteiger partial charge on any atom is 0.330 e. The lowest BCUT2D eigenvalue weighted by Gasteiger charge is -2.36. The Hall–Kier alpha value is -1.24. The van der Waals surface area contributed by atoms with Gasteiger partial charge in [-0.15, -0.1) is 0 Å². The molecule has 1 saturated heterocycles. The smallest absolute Gasteiger partial charge is 0.277 e. The SMILES string of the molecule is CCS(=O)CCN1C(=O)NC(=O)C2(CCCC2)C1=O. The second-order valence-corrected chi connectivity index (χ2v) is 6.80. The standard InChI is InChI=1S/C12H18N2O4S/c1-2-19(18)8-7-14-10(16)12(5-3-4-6-12)9(15)13-11(14)17/h2-8H2,1H3,(H,13,15,17). The number of amides is 4. The molecule has 2 aliphatic rings. The van der Waals surface area contributed by atoms with Crippen molar-refractivity contribution < 1.29 is 18.6 Å². The van der Waals surface area contributed by atoms with Gasteiger partial charge < -0.3 is 0 Å². The van der Waals surface area contributed by atoms with E-state index >= 15 is 0 Å². The summed E-state index contributed by atoms with van der Waals surface area (Å²) in [5.41, 5.74) is -1.05. The number of nitrogens with one attached hydrogen (secondary N) is 1. The lowest BCUT2D eigenvalue weighted by molar-refractivity contribution is -0.150. The third-order valence-corrected chi connectivity index (χ3v) is 5.16. The molecule has 1 aliphatic heterocycles. The minimum atomic E-state index is -1.05. The van der Waals surface area contributed by atoms with Crippen molar-refractivity contribution in [1.82, 2.24) is 10.2 Å². The van der Waals surface area contributed by atoms with Gasteiger partial charge in [0.25, 0.3) is 0 Å². The number of nitrogens with zero attached hydrogens (tertiary/aromatic N) is 1. The number of carbonyl (C=O) groups is 3. The Bertz CT molecular complexity index is 443. The molecule has 19 heavy (non-hydrogen) atoms. The Morgan fingerprint density at radius 1 is 1.26 bits per heavy atom. The Kier molecular flexibility index (Phi) is 4.03. The van der Waals surface area contributed by atoms with Crippen LogP contribution in [0.3, 0.4) is 0 Å². The molecule has 1 N–H and O–H groups in total. The highest BCUT2D eigenvalue weighted by Crippen LogP contribution is 2.41. The van der Waals surface area contributed by atoms with Crippen LogP contribution in [-0.4, -0.2) is 45.0 Å². The number of urea groups is 1. The van der Waals surface area contributed by atoms with Gasteiger partial charge in [-0.25, -0.2) is 4.79 Å². The summed E-state index contributed by atoms with van der Waals surface area (Å²) in [6, 6.07) is -0.680. The minimum Gasteiger partial charge on any atom is -0.277 e. The molecule has 1 unspecified atom stereocenters. The molecule has 1 saturated carbocycles. The molecular weight excluding hydrogens is 268 g/mol. The van der Waals surface area contributed by atoms with E-state index in [9.17, 15) is 18.6 Å². The molecular formula is C12H18N2O4S. The van der Waals surface area contributed by atoms with Crippen LogP contribution in [0.2, 0.25) is 0 Å². The molecule has 1 heterocycles. The highest BCUT2D eigenvalue weighted by molar-refractivity contribution is 7.84. The molecule has 2 fully saturated rings. The van der Waals surface area contributed by atoms with Crippen molar-refractivity contribution in [2.75, 3.05) is 18.1 Å². The third kappa shape index (κ3) is 2.43. The molecule has 0 bridgehead atoms. The first-order chi connectivity index (χ1) is 9.01. The molecule has 4 amide bonds. The van der Waals surface area contributed by atoms with E-state index in [-0.39, 0.29) is 12.3 Å². The van der Waals surface area contributed by atoms with Crippen LogP contribution in [0.15, 0.2) is 0 Å². The van der Waals surface area contributed by atoms with E-state index in [1.165, 1.54) is 0 Å². The maximum atomic E-state index is 12.4. The van der Waals surface area contributed by atoms with Gasteiger partial charge >= 0.3 is 6.03 Å². The zero-order valence-corrected chi connectivity index (χ0v) is 11.8. The number of imide groups is 2. The zero-order valence-electron chi connectivity index (χ0n) is 10.9. The van der Waals surface area contributed by atoms with Crippen molar-refractivity contribution in [2.24, 2.45) is 5.41 Å².